The Morgan fingerprint density at radius 1 is 1.00 bits per heavy atom. The summed E-state index contributed by atoms with van der Waals surface area (Å²) in [5.41, 5.74) is 1.45. The van der Waals surface area contributed by atoms with Crippen molar-refractivity contribution in [3.05, 3.63) is 65.2 Å². The van der Waals surface area contributed by atoms with Crippen LogP contribution in [0.15, 0.2) is 48.5 Å². The number of methoxy groups -OCH3 is 2. The van der Waals surface area contributed by atoms with Crippen LogP contribution in [0.4, 0.5) is 0 Å². The second-order valence-corrected chi connectivity index (χ2v) is 4.91. The number of carbonyl (C=O) groups excluding carboxylic acids is 2. The summed E-state index contributed by atoms with van der Waals surface area (Å²) in [6, 6.07) is 11.8. The molecule has 0 fully saturated rings. The molecule has 0 saturated heterocycles. The highest BCUT2D eigenvalue weighted by Gasteiger charge is 2.26. The molecule has 0 spiro atoms. The fraction of sp³-hybridized carbons (Fsp3) is 0.111. The van der Waals surface area contributed by atoms with Gasteiger partial charge in [-0.3, -0.25) is 4.79 Å². The summed E-state index contributed by atoms with van der Waals surface area (Å²) in [7, 11) is 3.02. The molecule has 0 aliphatic carbocycles. The van der Waals surface area contributed by atoms with Crippen LogP contribution >= 0.6 is 0 Å². The van der Waals surface area contributed by atoms with Gasteiger partial charge in [0.25, 0.3) is 0 Å². The van der Waals surface area contributed by atoms with Crippen molar-refractivity contribution in [1.29, 1.82) is 0 Å². The summed E-state index contributed by atoms with van der Waals surface area (Å²) in [6.07, 6.45) is 1.30. The van der Waals surface area contributed by atoms with Crippen LogP contribution in [-0.2, 0) is 4.74 Å². The first-order valence-electron chi connectivity index (χ1n) is 6.93. The van der Waals surface area contributed by atoms with Crippen LogP contribution in [0.5, 0.6) is 11.5 Å². The van der Waals surface area contributed by atoms with E-state index in [-0.39, 0.29) is 11.5 Å². The van der Waals surface area contributed by atoms with E-state index in [1.807, 2.05) is 0 Å². The second-order valence-electron chi connectivity index (χ2n) is 4.91. The summed E-state index contributed by atoms with van der Waals surface area (Å²) in [5.74, 6) is 0.506. The van der Waals surface area contributed by atoms with E-state index in [9.17, 15) is 9.59 Å². The van der Waals surface area contributed by atoms with Crippen LogP contribution in [0.3, 0.4) is 0 Å². The lowest BCUT2D eigenvalue weighted by molar-refractivity contribution is 0.0715. The van der Waals surface area contributed by atoms with Crippen LogP contribution in [0, 0.1) is 0 Å². The van der Waals surface area contributed by atoms with Crippen LogP contribution in [0.2, 0.25) is 0 Å². The van der Waals surface area contributed by atoms with E-state index in [1.54, 1.807) is 42.5 Å². The molecule has 116 valence electrons. The van der Waals surface area contributed by atoms with Gasteiger partial charge in [0.05, 0.1) is 19.8 Å². The van der Waals surface area contributed by atoms with Crippen LogP contribution < -0.4 is 9.47 Å². The molecule has 5 nitrogen and oxygen atoms in total. The molecule has 2 aromatic carbocycles. The first-order chi connectivity index (χ1) is 11.1. The average Bonchev–Trinajstić information content (AvgIpc) is 2.90. The van der Waals surface area contributed by atoms with E-state index in [2.05, 4.69) is 0 Å². The summed E-state index contributed by atoms with van der Waals surface area (Å²) >= 11 is 0. The van der Waals surface area contributed by atoms with E-state index in [0.717, 1.165) is 0 Å². The van der Waals surface area contributed by atoms with E-state index in [1.165, 1.54) is 20.3 Å². The van der Waals surface area contributed by atoms with Crippen molar-refractivity contribution < 1.29 is 23.8 Å². The quantitative estimate of drug-likeness (QED) is 0.493. The molecule has 0 saturated carbocycles. The van der Waals surface area contributed by atoms with Crippen molar-refractivity contribution in [2.75, 3.05) is 14.2 Å². The number of rotatable bonds is 4. The maximum atomic E-state index is 12.5. The molecule has 5 heteroatoms. The van der Waals surface area contributed by atoms with Gasteiger partial charge < -0.3 is 14.2 Å². The lowest BCUT2D eigenvalue weighted by atomic mass is 10.1. The Morgan fingerprint density at radius 2 is 1.61 bits per heavy atom. The normalized spacial score (nSPS) is 14.3. The number of hydrogen-bond acceptors (Lipinski definition) is 5. The highest BCUT2D eigenvalue weighted by atomic mass is 16.5. The number of benzene rings is 2. The summed E-state index contributed by atoms with van der Waals surface area (Å²) < 4.78 is 15.5. The molecule has 0 amide bonds. The van der Waals surface area contributed by atoms with Gasteiger partial charge in [0, 0.05) is 23.3 Å². The third-order valence-electron chi connectivity index (χ3n) is 3.51. The molecule has 1 heterocycles. The Kier molecular flexibility index (Phi) is 3.85. The Labute approximate surface area is 133 Å². The predicted molar refractivity (Wildman–Crippen MR) is 83.7 cm³/mol. The average molecular weight is 310 g/mol. The second kappa shape index (κ2) is 5.96. The molecule has 3 rings (SSSR count). The Bertz CT molecular complexity index is 798. The van der Waals surface area contributed by atoms with Crippen molar-refractivity contribution in [2.45, 2.75) is 0 Å². The topological polar surface area (TPSA) is 61.8 Å². The van der Waals surface area contributed by atoms with Gasteiger partial charge in [0.2, 0.25) is 0 Å². The van der Waals surface area contributed by atoms with Crippen molar-refractivity contribution in [3.8, 4) is 11.5 Å². The van der Waals surface area contributed by atoms with Gasteiger partial charge in [-0.2, -0.15) is 0 Å². The number of hydrogen-bond donors (Lipinski definition) is 0. The summed E-state index contributed by atoms with van der Waals surface area (Å²) in [4.78, 5) is 24.3. The van der Waals surface area contributed by atoms with Gasteiger partial charge in [-0.15, -0.1) is 0 Å². The number of cyclic esters (lactones) is 1. The third kappa shape index (κ3) is 2.81. The number of esters is 1. The minimum absolute atomic E-state index is 0.248. The highest BCUT2D eigenvalue weighted by molar-refractivity contribution is 6.12. The molecular weight excluding hydrogens is 296 g/mol. The smallest absolute Gasteiger partial charge is 0.344 e. The van der Waals surface area contributed by atoms with Crippen LogP contribution in [0.25, 0.3) is 5.76 Å². The standard InChI is InChI=1S/C18H14O5/c1-21-12-7-11(8-13(9-12)22-2)16(19)10-17-14-5-3-4-6-15(14)18(20)23-17/h3-10H,1-2H3. The molecular formula is C18H14O5. The molecule has 1 aliphatic rings. The van der Waals surface area contributed by atoms with E-state index in [0.29, 0.717) is 28.2 Å². The first kappa shape index (κ1) is 14.8. The molecule has 2 aromatic rings. The molecule has 0 unspecified atom stereocenters. The number of fused-ring (bicyclic) bond motifs is 1. The van der Waals surface area contributed by atoms with Crippen molar-refractivity contribution in [1.82, 2.24) is 0 Å². The zero-order valence-electron chi connectivity index (χ0n) is 12.7. The fourth-order valence-electron chi connectivity index (χ4n) is 2.35. The fourth-order valence-corrected chi connectivity index (χ4v) is 2.35. The molecule has 0 N–H and O–H groups in total. The van der Waals surface area contributed by atoms with Gasteiger partial charge in [-0.25, -0.2) is 4.79 Å². The monoisotopic (exact) mass is 310 g/mol. The molecule has 0 radical (unpaired) electrons. The minimum atomic E-state index is -0.456. The van der Waals surface area contributed by atoms with E-state index < -0.39 is 5.97 Å². The van der Waals surface area contributed by atoms with E-state index in [4.69, 9.17) is 14.2 Å². The van der Waals surface area contributed by atoms with Crippen molar-refractivity contribution in [3.63, 3.8) is 0 Å². The number of carbonyl (C=O) groups is 2. The lowest BCUT2D eigenvalue weighted by Gasteiger charge is -2.06. The van der Waals surface area contributed by atoms with Crippen molar-refractivity contribution >= 4 is 17.5 Å². The summed E-state index contributed by atoms with van der Waals surface area (Å²) in [6.45, 7) is 0. The van der Waals surface area contributed by atoms with Crippen LogP contribution in [0.1, 0.15) is 26.3 Å². The van der Waals surface area contributed by atoms with Crippen molar-refractivity contribution in [2.24, 2.45) is 0 Å². The molecule has 0 bridgehead atoms. The highest BCUT2D eigenvalue weighted by Crippen LogP contribution is 2.30. The molecule has 23 heavy (non-hydrogen) atoms. The third-order valence-corrected chi connectivity index (χ3v) is 3.51. The largest absolute Gasteiger partial charge is 0.497 e. The lowest BCUT2D eigenvalue weighted by Crippen LogP contribution is -1.99. The molecule has 0 atom stereocenters. The molecule has 1 aliphatic heterocycles. The van der Waals surface area contributed by atoms with Gasteiger partial charge in [0.15, 0.2) is 5.78 Å². The number of ketones is 1. The van der Waals surface area contributed by atoms with Gasteiger partial charge in [-0.05, 0) is 18.2 Å². The molecule has 0 aromatic heterocycles. The van der Waals surface area contributed by atoms with Gasteiger partial charge >= 0.3 is 5.97 Å². The summed E-state index contributed by atoms with van der Waals surface area (Å²) in [5, 5.41) is 0. The number of ether oxygens (including phenoxy) is 3. The van der Waals surface area contributed by atoms with E-state index >= 15 is 0 Å². The Morgan fingerprint density at radius 3 is 2.22 bits per heavy atom. The minimum Gasteiger partial charge on any atom is -0.497 e. The zero-order valence-corrected chi connectivity index (χ0v) is 12.7. The SMILES string of the molecule is COc1cc(OC)cc(C(=O)C=C2OC(=O)c3ccccc32)c1. The van der Waals surface area contributed by atoms with Gasteiger partial charge in [0.1, 0.15) is 17.3 Å². The van der Waals surface area contributed by atoms with Crippen LogP contribution in [-0.4, -0.2) is 26.0 Å². The maximum Gasteiger partial charge on any atom is 0.344 e. The number of allylic oxidation sites excluding steroid dienone is 1. The zero-order chi connectivity index (χ0) is 16.4. The predicted octanol–water partition coefficient (Wildman–Crippen LogP) is 3.10. The first-order valence-corrected chi connectivity index (χ1v) is 6.93. The Hall–Kier alpha value is -3.08. The van der Waals surface area contributed by atoms with Gasteiger partial charge in [-0.1, -0.05) is 18.2 Å². The maximum absolute atomic E-state index is 12.5. The Balaban J connectivity index is 1.98.